The number of anilines is 1. The van der Waals surface area contributed by atoms with Crippen molar-refractivity contribution in [2.24, 2.45) is 4.02 Å². The van der Waals surface area contributed by atoms with Crippen LogP contribution in [0.25, 0.3) is 0 Å². The predicted octanol–water partition coefficient (Wildman–Crippen LogP) is 5.35. The van der Waals surface area contributed by atoms with Crippen LogP contribution in [0.1, 0.15) is 68.6 Å². The van der Waals surface area contributed by atoms with Crippen LogP contribution < -0.4 is 19.1 Å². The van der Waals surface area contributed by atoms with Gasteiger partial charge in [-0.15, -0.1) is 0 Å². The van der Waals surface area contributed by atoms with E-state index in [4.69, 9.17) is 14.2 Å². The van der Waals surface area contributed by atoms with Crippen LogP contribution in [-0.2, 0) is 16.8 Å². The summed E-state index contributed by atoms with van der Waals surface area (Å²) in [4.78, 5) is 31.6. The minimum Gasteiger partial charge on any atom is -0.494 e. The van der Waals surface area contributed by atoms with E-state index >= 15 is 4.39 Å². The fraction of sp³-hybridized carbons (Fsp3) is 0.516. The smallest absolute Gasteiger partial charge is 0.219 e. The number of nitrogens with zero attached hydrogens (tertiary/aromatic N) is 4. The first-order valence-corrected chi connectivity index (χ1v) is 15.0. The molecule has 0 unspecified atom stereocenters. The molecule has 2 heterocycles. The molecule has 42 heavy (non-hydrogen) atoms. The highest BCUT2D eigenvalue weighted by Gasteiger charge is 2.35. The molecule has 9 nitrogen and oxygen atoms in total. The molecule has 0 radical (unpaired) electrons. The number of carbonyl (C=O) groups excluding carboxylic acids is 2. The zero-order chi connectivity index (χ0) is 30.8. The number of hydrogen-bond donors (Lipinski definition) is 0. The Bertz CT molecular complexity index is 1380. The van der Waals surface area contributed by atoms with Gasteiger partial charge in [-0.05, 0) is 43.0 Å². The molecule has 0 N–H and O–H groups in total. The van der Waals surface area contributed by atoms with Gasteiger partial charge in [-0.3, -0.25) is 9.59 Å². The first-order valence-electron chi connectivity index (χ1n) is 14.3. The number of fused-ring (bicyclic) bond motifs is 1. The summed E-state index contributed by atoms with van der Waals surface area (Å²) < 4.78 is 37.1. The summed E-state index contributed by atoms with van der Waals surface area (Å²) in [6.45, 7) is 14.8. The average molecular weight is 648 g/mol. The lowest BCUT2D eigenvalue weighted by Gasteiger charge is -2.37. The van der Waals surface area contributed by atoms with Crippen LogP contribution in [0.4, 0.5) is 10.1 Å². The monoisotopic (exact) mass is 646 g/mol. The first kappa shape index (κ1) is 31.6. The second-order valence-electron chi connectivity index (χ2n) is 11.4. The molecule has 1 fully saturated rings. The van der Waals surface area contributed by atoms with Gasteiger partial charge in [-0.2, -0.15) is 4.02 Å². The van der Waals surface area contributed by atoms with Gasteiger partial charge in [0, 0.05) is 50.8 Å². The highest BCUT2D eigenvalue weighted by atomic mass is 79.9. The molecule has 1 saturated heterocycles. The Hall–Kier alpha value is -3.34. The summed E-state index contributed by atoms with van der Waals surface area (Å²) in [6.07, 6.45) is 0. The number of piperazine rings is 1. The second kappa shape index (κ2) is 12.9. The Balaban J connectivity index is 1.69. The molecule has 2 aromatic carbocycles. The topological polar surface area (TPSA) is 83.9 Å². The molecule has 2 aliphatic rings. The molecule has 2 aliphatic heterocycles. The maximum Gasteiger partial charge on any atom is 0.219 e. The number of ether oxygens (including phenoxy) is 3. The van der Waals surface area contributed by atoms with E-state index in [1.54, 1.807) is 31.9 Å². The van der Waals surface area contributed by atoms with Crippen molar-refractivity contribution in [2.75, 3.05) is 57.9 Å². The number of ketones is 1. The molecular weight excluding hydrogens is 607 g/mol. The SMILES string of the molecule is CCOc1cc2c(c(F)c1OCC)/C(=N/Br)N(CC(=O)c1cc(N3CCN(C(C)=O)CC3)c(OC)c(C(C)(C)C)c1)C2. The molecule has 0 bridgehead atoms. The van der Waals surface area contributed by atoms with Gasteiger partial charge >= 0.3 is 0 Å². The van der Waals surface area contributed by atoms with Crippen molar-refractivity contribution in [2.45, 2.75) is 53.5 Å². The molecule has 2 aromatic rings. The maximum absolute atomic E-state index is 15.8. The molecular formula is C31H40BrFN4O5. The summed E-state index contributed by atoms with van der Waals surface area (Å²) in [5, 5.41) is 0. The van der Waals surface area contributed by atoms with Crippen LogP contribution in [0.5, 0.6) is 17.2 Å². The van der Waals surface area contributed by atoms with Crippen LogP contribution in [0.15, 0.2) is 22.2 Å². The van der Waals surface area contributed by atoms with Gasteiger partial charge in [-0.25, -0.2) is 4.39 Å². The van der Waals surface area contributed by atoms with Gasteiger partial charge in [0.05, 0.1) is 54.3 Å². The number of hydrogen-bond acceptors (Lipinski definition) is 7. The van der Waals surface area contributed by atoms with Gasteiger partial charge in [0.15, 0.2) is 23.1 Å². The quantitative estimate of drug-likeness (QED) is 0.340. The summed E-state index contributed by atoms with van der Waals surface area (Å²) in [7, 11) is 1.64. The van der Waals surface area contributed by atoms with Crippen molar-refractivity contribution in [3.05, 3.63) is 46.3 Å². The Labute approximate surface area is 255 Å². The number of amides is 1. The normalized spacial score (nSPS) is 16.1. The van der Waals surface area contributed by atoms with E-state index in [0.717, 1.165) is 17.0 Å². The van der Waals surface area contributed by atoms with Crippen molar-refractivity contribution in [3.8, 4) is 17.2 Å². The van der Waals surface area contributed by atoms with Gasteiger partial charge < -0.3 is 28.9 Å². The third-order valence-corrected chi connectivity index (χ3v) is 7.96. The summed E-state index contributed by atoms with van der Waals surface area (Å²) >= 11 is 3.16. The fourth-order valence-electron chi connectivity index (χ4n) is 5.54. The standard InChI is InChI=1S/C31H40BrFN4O5/c1-8-41-25-16-21-17-37(30(34-32)26(21)27(33)29(25)42-9-2)18-24(39)20-14-22(31(4,5)6)28(40-7)23(15-20)36-12-10-35(11-13-36)19(3)38/h14-16H,8-13,17-18H2,1-7H3/b34-30-. The number of carbonyl (C=O) groups is 2. The molecule has 0 saturated carbocycles. The van der Waals surface area contributed by atoms with E-state index in [0.29, 0.717) is 61.1 Å². The number of rotatable bonds is 9. The zero-order valence-electron chi connectivity index (χ0n) is 25.5. The lowest BCUT2D eigenvalue weighted by atomic mass is 9.84. The lowest BCUT2D eigenvalue weighted by molar-refractivity contribution is -0.129. The van der Waals surface area contributed by atoms with Gasteiger partial charge in [0.1, 0.15) is 11.6 Å². The van der Waals surface area contributed by atoms with Gasteiger partial charge in [-0.1, -0.05) is 20.8 Å². The van der Waals surface area contributed by atoms with E-state index in [1.165, 1.54) is 0 Å². The number of Topliss-reactive ketones (excluding diaryl/α,β-unsaturated/α-hetero) is 1. The fourth-order valence-corrected chi connectivity index (χ4v) is 5.94. The highest BCUT2D eigenvalue weighted by Crippen LogP contribution is 2.42. The molecule has 228 valence electrons. The first-order chi connectivity index (χ1) is 19.9. The van der Waals surface area contributed by atoms with E-state index in [1.807, 2.05) is 24.0 Å². The van der Waals surface area contributed by atoms with Crippen molar-refractivity contribution < 1.29 is 28.2 Å². The third kappa shape index (κ3) is 6.21. The Morgan fingerprint density at radius 2 is 1.69 bits per heavy atom. The largest absolute Gasteiger partial charge is 0.494 e. The maximum atomic E-state index is 15.8. The van der Waals surface area contributed by atoms with E-state index in [2.05, 4.69) is 45.8 Å². The molecule has 0 spiro atoms. The third-order valence-electron chi connectivity index (χ3n) is 7.63. The summed E-state index contributed by atoms with van der Waals surface area (Å²) in [5.74, 6) is 0.776. The van der Waals surface area contributed by atoms with Gasteiger partial charge in [0.25, 0.3) is 0 Å². The average Bonchev–Trinajstić information content (AvgIpc) is 3.30. The number of halogens is 2. The molecule has 11 heteroatoms. The van der Waals surface area contributed by atoms with E-state index in [-0.39, 0.29) is 42.6 Å². The molecule has 4 rings (SSSR count). The predicted molar refractivity (Wildman–Crippen MR) is 165 cm³/mol. The van der Waals surface area contributed by atoms with Crippen molar-refractivity contribution in [1.82, 2.24) is 9.80 Å². The number of amidine groups is 1. The van der Waals surface area contributed by atoms with Crippen LogP contribution >= 0.6 is 16.1 Å². The molecule has 0 atom stereocenters. The Morgan fingerprint density at radius 3 is 2.24 bits per heavy atom. The Morgan fingerprint density at radius 1 is 1.02 bits per heavy atom. The highest BCUT2D eigenvalue weighted by molar-refractivity contribution is 9.08. The van der Waals surface area contributed by atoms with Crippen molar-refractivity contribution >= 4 is 39.4 Å². The summed E-state index contributed by atoms with van der Waals surface area (Å²) in [6, 6.07) is 5.53. The van der Waals surface area contributed by atoms with Gasteiger partial charge in [0.2, 0.25) is 5.91 Å². The van der Waals surface area contributed by atoms with E-state index in [9.17, 15) is 9.59 Å². The lowest BCUT2D eigenvalue weighted by Crippen LogP contribution is -2.48. The van der Waals surface area contributed by atoms with E-state index < -0.39 is 5.82 Å². The molecule has 1 amide bonds. The Kier molecular flexibility index (Phi) is 9.70. The minimum atomic E-state index is -0.558. The van der Waals surface area contributed by atoms with Crippen LogP contribution in [0.3, 0.4) is 0 Å². The second-order valence-corrected chi connectivity index (χ2v) is 11.8. The molecule has 0 aliphatic carbocycles. The van der Waals surface area contributed by atoms with Crippen LogP contribution in [-0.4, -0.2) is 80.4 Å². The number of benzene rings is 2. The summed E-state index contributed by atoms with van der Waals surface area (Å²) in [5.41, 5.74) is 2.91. The van der Waals surface area contributed by atoms with Crippen LogP contribution in [0, 0.1) is 5.82 Å². The molecule has 0 aromatic heterocycles. The van der Waals surface area contributed by atoms with Crippen LogP contribution in [0.2, 0.25) is 0 Å². The van der Waals surface area contributed by atoms with Crippen molar-refractivity contribution in [3.63, 3.8) is 0 Å². The zero-order valence-corrected chi connectivity index (χ0v) is 27.1. The minimum absolute atomic E-state index is 0.0139. The van der Waals surface area contributed by atoms with Crippen molar-refractivity contribution in [1.29, 1.82) is 0 Å². The number of methoxy groups -OCH3 is 1.